The predicted octanol–water partition coefficient (Wildman–Crippen LogP) is -0.0753. The zero-order chi connectivity index (χ0) is 16.0. The van der Waals surface area contributed by atoms with Crippen molar-refractivity contribution in [2.24, 2.45) is 0 Å². The van der Waals surface area contributed by atoms with Gasteiger partial charge in [0.25, 0.3) is 0 Å². The number of aliphatic carboxylic acids is 1. The topological polar surface area (TPSA) is 116 Å². The monoisotopic (exact) mass is 335 g/mol. The molecule has 118 valence electrons. The van der Waals surface area contributed by atoms with Crippen LogP contribution >= 0.6 is 11.3 Å². The molecule has 3 N–H and O–H groups in total. The number of rotatable bonds is 7. The Balaban J connectivity index is 2.52. The zero-order valence-corrected chi connectivity index (χ0v) is 13.3. The van der Waals surface area contributed by atoms with Gasteiger partial charge in [-0.1, -0.05) is 0 Å². The molecule has 0 aliphatic carbocycles. The summed E-state index contributed by atoms with van der Waals surface area (Å²) in [6.07, 6.45) is -0.209. The van der Waals surface area contributed by atoms with Crippen LogP contribution in [0.2, 0.25) is 0 Å². The lowest BCUT2D eigenvalue weighted by Crippen LogP contribution is -2.39. The zero-order valence-electron chi connectivity index (χ0n) is 11.6. The molecule has 0 unspecified atom stereocenters. The normalized spacial score (nSPS) is 11.1. The second-order valence-corrected chi connectivity index (χ2v) is 7.48. The van der Waals surface area contributed by atoms with E-state index in [0.717, 1.165) is 11.3 Å². The molecule has 8 nitrogen and oxygen atoms in total. The van der Waals surface area contributed by atoms with Gasteiger partial charge < -0.3 is 15.3 Å². The van der Waals surface area contributed by atoms with Crippen molar-refractivity contribution < 1.29 is 23.1 Å². The van der Waals surface area contributed by atoms with Crippen LogP contribution in [-0.4, -0.2) is 57.6 Å². The number of carbonyl (C=O) groups is 2. The number of hydrogen-bond acceptors (Lipinski definition) is 5. The van der Waals surface area contributed by atoms with Crippen LogP contribution in [-0.2, 0) is 21.2 Å². The Morgan fingerprint density at radius 1 is 1.29 bits per heavy atom. The van der Waals surface area contributed by atoms with Crippen LogP contribution in [0.4, 0.5) is 4.79 Å². The first-order valence-corrected chi connectivity index (χ1v) is 8.27. The summed E-state index contributed by atoms with van der Waals surface area (Å²) in [5.74, 6) is -1.01. The van der Waals surface area contributed by atoms with E-state index in [1.165, 1.54) is 17.0 Å². The average Bonchev–Trinajstić information content (AvgIpc) is 2.82. The number of carboxylic acids is 1. The number of nitrogens with zero attached hydrogens (tertiary/aromatic N) is 1. The molecule has 0 atom stereocenters. The number of hydrogen-bond donors (Lipinski definition) is 3. The third kappa shape index (κ3) is 5.69. The van der Waals surface area contributed by atoms with Crippen LogP contribution < -0.4 is 10.0 Å². The van der Waals surface area contributed by atoms with E-state index in [9.17, 15) is 18.0 Å². The summed E-state index contributed by atoms with van der Waals surface area (Å²) in [6.45, 7) is 0.206. The molecule has 0 radical (unpaired) electrons. The molecule has 1 heterocycles. The average molecular weight is 335 g/mol. The van der Waals surface area contributed by atoms with E-state index in [0.29, 0.717) is 4.88 Å². The SMILES string of the molecule is CN(C)C(=O)NCCNS(=O)(=O)c1ccc(CC(=O)O)s1. The number of thiophene rings is 1. The first-order chi connectivity index (χ1) is 9.72. The van der Waals surface area contributed by atoms with Gasteiger partial charge in [0.15, 0.2) is 0 Å². The fourth-order valence-corrected chi connectivity index (χ4v) is 3.75. The Morgan fingerprint density at radius 3 is 2.52 bits per heavy atom. The Hall–Kier alpha value is -1.65. The van der Waals surface area contributed by atoms with Crippen LogP contribution in [0.5, 0.6) is 0 Å². The van der Waals surface area contributed by atoms with E-state index in [-0.39, 0.29) is 29.8 Å². The van der Waals surface area contributed by atoms with Gasteiger partial charge in [0, 0.05) is 32.1 Å². The van der Waals surface area contributed by atoms with Crippen molar-refractivity contribution in [1.82, 2.24) is 14.9 Å². The van der Waals surface area contributed by atoms with Gasteiger partial charge in [0.1, 0.15) is 4.21 Å². The van der Waals surface area contributed by atoms with Crippen LogP contribution in [0.1, 0.15) is 4.88 Å². The lowest BCUT2D eigenvalue weighted by Gasteiger charge is -2.12. The van der Waals surface area contributed by atoms with Crippen molar-refractivity contribution in [3.05, 3.63) is 17.0 Å². The molecule has 0 spiro atoms. The summed E-state index contributed by atoms with van der Waals surface area (Å²) < 4.78 is 26.3. The molecule has 2 amide bonds. The Labute approximate surface area is 126 Å². The number of carboxylic acid groups (broad SMARTS) is 1. The van der Waals surface area contributed by atoms with Crippen molar-refractivity contribution in [2.45, 2.75) is 10.6 Å². The minimum absolute atomic E-state index is 0.0497. The van der Waals surface area contributed by atoms with Gasteiger partial charge in [0.05, 0.1) is 6.42 Å². The fourth-order valence-electron chi connectivity index (χ4n) is 1.33. The molecule has 1 rings (SSSR count). The quantitative estimate of drug-likeness (QED) is 0.603. The minimum Gasteiger partial charge on any atom is -0.481 e. The summed E-state index contributed by atoms with van der Waals surface area (Å²) in [5.41, 5.74) is 0. The molecule has 0 bridgehead atoms. The van der Waals surface area contributed by atoms with E-state index in [1.54, 1.807) is 14.1 Å². The maximum atomic E-state index is 11.9. The summed E-state index contributed by atoms with van der Waals surface area (Å²) in [6, 6.07) is 2.53. The lowest BCUT2D eigenvalue weighted by molar-refractivity contribution is -0.136. The molecule has 0 fully saturated rings. The molecule has 1 aromatic heterocycles. The maximum Gasteiger partial charge on any atom is 0.316 e. The molecule has 10 heteroatoms. The van der Waals surface area contributed by atoms with Crippen molar-refractivity contribution in [1.29, 1.82) is 0 Å². The molecule has 0 aromatic carbocycles. The van der Waals surface area contributed by atoms with Crippen molar-refractivity contribution in [3.63, 3.8) is 0 Å². The van der Waals surface area contributed by atoms with E-state index in [2.05, 4.69) is 10.0 Å². The van der Waals surface area contributed by atoms with Crippen LogP contribution in [0.25, 0.3) is 0 Å². The second-order valence-electron chi connectivity index (χ2n) is 4.32. The summed E-state index contributed by atoms with van der Waals surface area (Å²) in [5, 5.41) is 11.2. The van der Waals surface area contributed by atoms with Crippen LogP contribution in [0, 0.1) is 0 Å². The van der Waals surface area contributed by atoms with Gasteiger partial charge in [-0.15, -0.1) is 11.3 Å². The highest BCUT2D eigenvalue weighted by Gasteiger charge is 2.17. The predicted molar refractivity (Wildman–Crippen MR) is 77.9 cm³/mol. The Kier molecular flexibility index (Phi) is 6.12. The van der Waals surface area contributed by atoms with Crippen LogP contribution in [0.15, 0.2) is 16.3 Å². The van der Waals surface area contributed by atoms with Crippen molar-refractivity contribution in [3.8, 4) is 0 Å². The second kappa shape index (κ2) is 7.38. The highest BCUT2D eigenvalue weighted by molar-refractivity contribution is 7.91. The highest BCUT2D eigenvalue weighted by Crippen LogP contribution is 2.21. The smallest absolute Gasteiger partial charge is 0.316 e. The van der Waals surface area contributed by atoms with Gasteiger partial charge in [0.2, 0.25) is 10.0 Å². The van der Waals surface area contributed by atoms with E-state index < -0.39 is 16.0 Å². The van der Waals surface area contributed by atoms with Crippen LogP contribution in [0.3, 0.4) is 0 Å². The summed E-state index contributed by atoms with van der Waals surface area (Å²) in [7, 11) is -0.526. The minimum atomic E-state index is -3.68. The van der Waals surface area contributed by atoms with E-state index in [4.69, 9.17) is 5.11 Å². The molecule has 1 aromatic rings. The number of amides is 2. The fraction of sp³-hybridized carbons (Fsp3) is 0.455. The number of carbonyl (C=O) groups excluding carboxylic acids is 1. The molecule has 0 aliphatic heterocycles. The molecule has 0 saturated heterocycles. The van der Waals surface area contributed by atoms with Gasteiger partial charge >= 0.3 is 12.0 Å². The third-order valence-electron chi connectivity index (χ3n) is 2.33. The first-order valence-electron chi connectivity index (χ1n) is 5.97. The molecule has 0 saturated carbocycles. The van der Waals surface area contributed by atoms with Crippen molar-refractivity contribution >= 4 is 33.4 Å². The molecule has 0 aliphatic rings. The highest BCUT2D eigenvalue weighted by atomic mass is 32.2. The van der Waals surface area contributed by atoms with Gasteiger partial charge in [-0.05, 0) is 12.1 Å². The Bertz CT molecular complexity index is 609. The summed E-state index contributed by atoms with van der Waals surface area (Å²) >= 11 is 0.911. The Morgan fingerprint density at radius 2 is 1.95 bits per heavy atom. The number of urea groups is 1. The van der Waals surface area contributed by atoms with E-state index in [1.807, 2.05) is 0 Å². The standard InChI is InChI=1S/C11H17N3O5S2/c1-14(2)11(17)12-5-6-13-21(18,19)10-4-3-8(20-10)7-9(15)16/h3-4,13H,5-7H2,1-2H3,(H,12,17)(H,15,16). The number of sulfonamides is 1. The van der Waals surface area contributed by atoms with E-state index >= 15 is 0 Å². The first kappa shape index (κ1) is 17.4. The lowest BCUT2D eigenvalue weighted by atomic mass is 10.3. The molecule has 21 heavy (non-hydrogen) atoms. The summed E-state index contributed by atoms with van der Waals surface area (Å²) in [4.78, 5) is 23.6. The van der Waals surface area contributed by atoms with Gasteiger partial charge in [-0.25, -0.2) is 17.9 Å². The molecular weight excluding hydrogens is 318 g/mol. The maximum absolute atomic E-state index is 11.9. The largest absolute Gasteiger partial charge is 0.481 e. The van der Waals surface area contributed by atoms with Gasteiger partial charge in [-0.2, -0.15) is 0 Å². The molecular formula is C11H17N3O5S2. The van der Waals surface area contributed by atoms with Gasteiger partial charge in [-0.3, -0.25) is 4.79 Å². The third-order valence-corrected chi connectivity index (χ3v) is 5.36. The van der Waals surface area contributed by atoms with Crippen molar-refractivity contribution in [2.75, 3.05) is 27.2 Å². The number of nitrogens with one attached hydrogen (secondary N) is 2.